The largest absolute Gasteiger partial charge is 0.497 e. The van der Waals surface area contributed by atoms with Gasteiger partial charge in [0.1, 0.15) is 17.4 Å². The summed E-state index contributed by atoms with van der Waals surface area (Å²) in [7, 11) is 1.63. The first kappa shape index (κ1) is 25.1. The first-order chi connectivity index (χ1) is 16.9. The van der Waals surface area contributed by atoms with E-state index in [4.69, 9.17) is 21.1 Å². The Morgan fingerprint density at radius 3 is 2.37 bits per heavy atom. The van der Waals surface area contributed by atoms with E-state index in [0.29, 0.717) is 44.4 Å². The topological polar surface area (TPSA) is 42.0 Å². The number of rotatable bonds is 8. The Labute approximate surface area is 208 Å². The number of piperazine rings is 1. The molecule has 1 heterocycles. The summed E-state index contributed by atoms with van der Waals surface area (Å²) in [6.45, 7) is 3.15. The number of halogens is 3. The first-order valence-electron chi connectivity index (χ1n) is 11.4. The van der Waals surface area contributed by atoms with Crippen molar-refractivity contribution >= 4 is 17.5 Å². The maximum absolute atomic E-state index is 13.5. The van der Waals surface area contributed by atoms with Gasteiger partial charge in [-0.1, -0.05) is 35.9 Å². The third-order valence-corrected chi connectivity index (χ3v) is 6.23. The van der Waals surface area contributed by atoms with Gasteiger partial charge in [-0.2, -0.15) is 0 Å². The average molecular weight is 501 g/mol. The van der Waals surface area contributed by atoms with Crippen LogP contribution in [0.25, 0.3) is 0 Å². The molecule has 1 saturated heterocycles. The van der Waals surface area contributed by atoms with E-state index < -0.39 is 11.6 Å². The number of carbonyl (C=O) groups is 1. The zero-order valence-corrected chi connectivity index (χ0v) is 20.2. The number of benzene rings is 3. The number of nitrogens with zero attached hydrogens (tertiary/aromatic N) is 2. The van der Waals surface area contributed by atoms with Gasteiger partial charge in [-0.3, -0.25) is 9.69 Å². The normalized spacial score (nSPS) is 15.1. The maximum atomic E-state index is 13.5. The molecule has 0 bridgehead atoms. The highest BCUT2D eigenvalue weighted by atomic mass is 35.5. The molecule has 0 aliphatic carbocycles. The van der Waals surface area contributed by atoms with Crippen molar-refractivity contribution in [2.75, 3.05) is 39.8 Å². The van der Waals surface area contributed by atoms with Gasteiger partial charge in [0.25, 0.3) is 5.91 Å². The van der Waals surface area contributed by atoms with Crippen molar-refractivity contribution in [3.05, 3.63) is 100 Å². The molecule has 3 aromatic carbocycles. The Hall–Kier alpha value is -3.00. The van der Waals surface area contributed by atoms with Gasteiger partial charge in [-0.25, -0.2) is 8.78 Å². The summed E-state index contributed by atoms with van der Waals surface area (Å²) in [6, 6.07) is 18.2. The van der Waals surface area contributed by atoms with Crippen LogP contribution in [0, 0.1) is 11.6 Å². The minimum atomic E-state index is -0.759. The fraction of sp³-hybridized carbons (Fsp3) is 0.296. The van der Waals surface area contributed by atoms with Gasteiger partial charge >= 0.3 is 0 Å². The van der Waals surface area contributed by atoms with Gasteiger partial charge in [-0.05, 0) is 47.5 Å². The highest BCUT2D eigenvalue weighted by molar-refractivity contribution is 6.30. The molecular formula is C27H27ClF2N2O3. The van der Waals surface area contributed by atoms with Crippen LogP contribution in [0.15, 0.2) is 66.7 Å². The number of ether oxygens (including phenoxy) is 2. The zero-order chi connectivity index (χ0) is 24.8. The Balaban J connectivity index is 1.41. The number of carbonyl (C=O) groups excluding carboxylic acids is 1. The lowest BCUT2D eigenvalue weighted by Gasteiger charge is -2.36. The molecule has 184 valence electrons. The van der Waals surface area contributed by atoms with Crippen molar-refractivity contribution in [2.24, 2.45) is 0 Å². The number of methoxy groups -OCH3 is 1. The summed E-state index contributed by atoms with van der Waals surface area (Å²) in [5.41, 5.74) is 1.98. The van der Waals surface area contributed by atoms with Gasteiger partial charge < -0.3 is 14.4 Å². The second kappa shape index (κ2) is 11.6. The van der Waals surface area contributed by atoms with Crippen molar-refractivity contribution in [1.29, 1.82) is 0 Å². The lowest BCUT2D eigenvalue weighted by molar-refractivity contribution is 0.00332. The Morgan fingerprint density at radius 2 is 1.69 bits per heavy atom. The molecular weight excluding hydrogens is 474 g/mol. The van der Waals surface area contributed by atoms with Gasteiger partial charge in [0.2, 0.25) is 0 Å². The predicted molar refractivity (Wildman–Crippen MR) is 131 cm³/mol. The lowest BCUT2D eigenvalue weighted by atomic mass is 10.1. The molecule has 0 saturated carbocycles. The van der Waals surface area contributed by atoms with Crippen molar-refractivity contribution in [3.63, 3.8) is 0 Å². The molecule has 4 rings (SSSR count). The highest BCUT2D eigenvalue weighted by Gasteiger charge is 2.25. The minimum absolute atomic E-state index is 0.0232. The molecule has 0 N–H and O–H groups in total. The molecule has 35 heavy (non-hydrogen) atoms. The second-order valence-corrected chi connectivity index (χ2v) is 8.89. The molecule has 1 atom stereocenters. The summed E-state index contributed by atoms with van der Waals surface area (Å²) in [6.07, 6.45) is -0.233. The molecule has 0 unspecified atom stereocenters. The fourth-order valence-electron chi connectivity index (χ4n) is 4.15. The Kier molecular flexibility index (Phi) is 8.33. The van der Waals surface area contributed by atoms with Crippen LogP contribution in [0.5, 0.6) is 5.75 Å². The van der Waals surface area contributed by atoms with Crippen molar-refractivity contribution in [3.8, 4) is 5.75 Å². The SMILES string of the molecule is COc1cccc([C@H](CN2CCN(C(=O)c3cc(F)cc(F)c3)CC2)OCc2cccc(Cl)c2)c1. The van der Waals surface area contributed by atoms with Crippen LogP contribution in [-0.2, 0) is 11.3 Å². The summed E-state index contributed by atoms with van der Waals surface area (Å²) in [5.74, 6) is -1.14. The van der Waals surface area contributed by atoms with Crippen molar-refractivity contribution < 1.29 is 23.0 Å². The van der Waals surface area contributed by atoms with Gasteiger partial charge in [0, 0.05) is 49.4 Å². The van der Waals surface area contributed by atoms with Crippen LogP contribution in [0.1, 0.15) is 27.6 Å². The quantitative estimate of drug-likeness (QED) is 0.418. The van der Waals surface area contributed by atoms with E-state index in [1.165, 1.54) is 0 Å². The van der Waals surface area contributed by atoms with E-state index in [-0.39, 0.29) is 17.6 Å². The standard InChI is InChI=1S/C27H27ClF2N2O3/c1-34-25-7-3-5-20(15-25)26(35-18-19-4-2-6-22(28)12-19)17-31-8-10-32(11-9-31)27(33)21-13-23(29)16-24(30)14-21/h2-7,12-16,26H,8-11,17-18H2,1H3/t26-/m0/s1. The number of amides is 1. The molecule has 0 spiro atoms. The minimum Gasteiger partial charge on any atom is -0.497 e. The molecule has 8 heteroatoms. The van der Waals surface area contributed by atoms with E-state index >= 15 is 0 Å². The summed E-state index contributed by atoms with van der Waals surface area (Å²) < 4.78 is 38.8. The third-order valence-electron chi connectivity index (χ3n) is 6.00. The second-order valence-electron chi connectivity index (χ2n) is 8.46. The smallest absolute Gasteiger partial charge is 0.254 e. The monoisotopic (exact) mass is 500 g/mol. The number of hydrogen-bond acceptors (Lipinski definition) is 4. The van der Waals surface area contributed by atoms with Crippen LogP contribution in [0.2, 0.25) is 5.02 Å². The molecule has 1 amide bonds. The molecule has 3 aromatic rings. The van der Waals surface area contributed by atoms with Crippen LogP contribution in [-0.4, -0.2) is 55.5 Å². The van der Waals surface area contributed by atoms with Crippen LogP contribution >= 0.6 is 11.6 Å². The van der Waals surface area contributed by atoms with Crippen LogP contribution < -0.4 is 4.74 Å². The Morgan fingerprint density at radius 1 is 0.971 bits per heavy atom. The van der Waals surface area contributed by atoms with Gasteiger partial charge in [0.15, 0.2) is 0 Å². The third kappa shape index (κ3) is 6.78. The zero-order valence-electron chi connectivity index (χ0n) is 19.4. The predicted octanol–water partition coefficient (Wildman–Crippen LogP) is 5.34. The van der Waals surface area contributed by atoms with Crippen molar-refractivity contribution in [1.82, 2.24) is 9.80 Å². The average Bonchev–Trinajstić information content (AvgIpc) is 2.86. The molecule has 0 radical (unpaired) electrons. The van der Waals surface area contributed by atoms with E-state index in [1.54, 1.807) is 12.0 Å². The summed E-state index contributed by atoms with van der Waals surface area (Å²) in [4.78, 5) is 16.6. The highest BCUT2D eigenvalue weighted by Crippen LogP contribution is 2.26. The molecule has 5 nitrogen and oxygen atoms in total. The number of hydrogen-bond donors (Lipinski definition) is 0. The van der Waals surface area contributed by atoms with E-state index in [9.17, 15) is 13.6 Å². The Bertz CT molecular complexity index is 1150. The molecule has 0 aromatic heterocycles. The van der Waals surface area contributed by atoms with Gasteiger partial charge in [-0.15, -0.1) is 0 Å². The van der Waals surface area contributed by atoms with E-state index in [2.05, 4.69) is 4.90 Å². The van der Waals surface area contributed by atoms with Crippen LogP contribution in [0.4, 0.5) is 8.78 Å². The molecule has 1 aliphatic rings. The van der Waals surface area contributed by atoms with Crippen molar-refractivity contribution in [2.45, 2.75) is 12.7 Å². The molecule has 1 aliphatic heterocycles. The summed E-state index contributed by atoms with van der Waals surface area (Å²) >= 11 is 6.12. The van der Waals surface area contributed by atoms with E-state index in [0.717, 1.165) is 35.1 Å². The lowest BCUT2D eigenvalue weighted by Crippen LogP contribution is -2.49. The first-order valence-corrected chi connectivity index (χ1v) is 11.8. The maximum Gasteiger partial charge on any atom is 0.254 e. The fourth-order valence-corrected chi connectivity index (χ4v) is 4.36. The van der Waals surface area contributed by atoms with Gasteiger partial charge in [0.05, 0.1) is 19.8 Å². The van der Waals surface area contributed by atoms with E-state index in [1.807, 2.05) is 48.5 Å². The summed E-state index contributed by atoms with van der Waals surface area (Å²) in [5, 5.41) is 0.656. The molecule has 1 fully saturated rings. The van der Waals surface area contributed by atoms with Crippen LogP contribution in [0.3, 0.4) is 0 Å².